The van der Waals surface area contributed by atoms with Gasteiger partial charge in [-0.05, 0) is 25.8 Å². The summed E-state index contributed by atoms with van der Waals surface area (Å²) in [7, 11) is 0. The molecule has 3 atom stereocenters. The van der Waals surface area contributed by atoms with Crippen molar-refractivity contribution in [3.05, 3.63) is 34.4 Å². The maximum absolute atomic E-state index is 12.0. The Bertz CT molecular complexity index is 864. The normalized spacial score (nSPS) is 29.0. The van der Waals surface area contributed by atoms with Crippen molar-refractivity contribution in [2.45, 2.75) is 51.2 Å². The SMILES string of the molecule is CCC1=C[C@@H](n2cnc3c(=O)[nH]c(N)cc32)C2OC(C)(C)O[C@@H]12. The zero-order valence-corrected chi connectivity index (χ0v) is 13.4. The maximum atomic E-state index is 12.0. The molecule has 7 heteroatoms. The first-order valence-corrected chi connectivity index (χ1v) is 7.81. The van der Waals surface area contributed by atoms with Crippen LogP contribution >= 0.6 is 0 Å². The number of aromatic amines is 1. The summed E-state index contributed by atoms with van der Waals surface area (Å²) in [6.45, 7) is 5.95. The van der Waals surface area contributed by atoms with Crippen molar-refractivity contribution in [2.24, 2.45) is 0 Å². The summed E-state index contributed by atoms with van der Waals surface area (Å²) >= 11 is 0. The maximum Gasteiger partial charge on any atom is 0.277 e. The molecule has 0 saturated carbocycles. The number of anilines is 1. The molecule has 1 unspecified atom stereocenters. The molecule has 2 aromatic heterocycles. The number of ether oxygens (including phenoxy) is 2. The van der Waals surface area contributed by atoms with Crippen LogP contribution in [0.3, 0.4) is 0 Å². The van der Waals surface area contributed by atoms with Crippen LogP contribution in [0.4, 0.5) is 5.82 Å². The number of rotatable bonds is 2. The van der Waals surface area contributed by atoms with Gasteiger partial charge in [-0.2, -0.15) is 0 Å². The van der Waals surface area contributed by atoms with Gasteiger partial charge in [0.1, 0.15) is 18.0 Å². The number of nitrogens with two attached hydrogens (primary N) is 1. The first kappa shape index (κ1) is 14.5. The number of fused-ring (bicyclic) bond motifs is 2. The lowest BCUT2D eigenvalue weighted by Gasteiger charge is -2.22. The van der Waals surface area contributed by atoms with Gasteiger partial charge in [0.2, 0.25) is 0 Å². The lowest BCUT2D eigenvalue weighted by Crippen LogP contribution is -2.27. The predicted molar refractivity (Wildman–Crippen MR) is 86.0 cm³/mol. The van der Waals surface area contributed by atoms with E-state index in [1.807, 2.05) is 18.4 Å². The fourth-order valence-corrected chi connectivity index (χ4v) is 3.59. The van der Waals surface area contributed by atoms with Crippen LogP contribution in [0.15, 0.2) is 28.8 Å². The number of nitrogen functional groups attached to an aromatic ring is 1. The van der Waals surface area contributed by atoms with E-state index in [1.165, 1.54) is 5.57 Å². The van der Waals surface area contributed by atoms with Crippen molar-refractivity contribution >= 4 is 16.9 Å². The van der Waals surface area contributed by atoms with Gasteiger partial charge < -0.3 is 24.8 Å². The van der Waals surface area contributed by atoms with Gasteiger partial charge in [-0.1, -0.05) is 13.0 Å². The second-order valence-electron chi connectivity index (χ2n) is 6.55. The van der Waals surface area contributed by atoms with E-state index >= 15 is 0 Å². The summed E-state index contributed by atoms with van der Waals surface area (Å²) < 4.78 is 14.1. The Balaban J connectivity index is 1.85. The van der Waals surface area contributed by atoms with Gasteiger partial charge in [0, 0.05) is 6.07 Å². The molecule has 2 aliphatic rings. The van der Waals surface area contributed by atoms with Gasteiger partial charge in [-0.3, -0.25) is 4.79 Å². The van der Waals surface area contributed by atoms with Crippen LogP contribution in [0, 0.1) is 0 Å². The van der Waals surface area contributed by atoms with Crippen molar-refractivity contribution in [1.29, 1.82) is 0 Å². The summed E-state index contributed by atoms with van der Waals surface area (Å²) in [5.41, 5.74) is 7.81. The van der Waals surface area contributed by atoms with Crippen molar-refractivity contribution in [2.75, 3.05) is 5.73 Å². The number of pyridine rings is 1. The predicted octanol–water partition coefficient (Wildman–Crippen LogP) is 1.72. The molecule has 1 fully saturated rings. The number of nitrogens with one attached hydrogen (secondary N) is 1. The van der Waals surface area contributed by atoms with Crippen molar-refractivity contribution in [3.8, 4) is 0 Å². The average molecular weight is 316 g/mol. The molecule has 0 radical (unpaired) electrons. The minimum absolute atomic E-state index is 0.0585. The molecule has 2 aromatic rings. The summed E-state index contributed by atoms with van der Waals surface area (Å²) in [5.74, 6) is -0.294. The Morgan fingerprint density at radius 3 is 2.96 bits per heavy atom. The van der Waals surface area contributed by atoms with E-state index in [0.29, 0.717) is 16.9 Å². The van der Waals surface area contributed by atoms with E-state index in [1.54, 1.807) is 12.4 Å². The number of hydrogen-bond acceptors (Lipinski definition) is 5. The lowest BCUT2D eigenvalue weighted by atomic mass is 10.1. The van der Waals surface area contributed by atoms with Crippen molar-refractivity contribution in [1.82, 2.24) is 14.5 Å². The number of H-pyrrole nitrogens is 1. The first-order chi connectivity index (χ1) is 10.9. The Hall–Kier alpha value is -2.12. The van der Waals surface area contributed by atoms with E-state index in [4.69, 9.17) is 15.2 Å². The molecule has 1 aliphatic heterocycles. The van der Waals surface area contributed by atoms with E-state index in [2.05, 4.69) is 23.0 Å². The topological polar surface area (TPSA) is 95.2 Å². The van der Waals surface area contributed by atoms with Crippen LogP contribution < -0.4 is 11.3 Å². The number of imidazole rings is 1. The first-order valence-electron chi connectivity index (χ1n) is 7.81. The average Bonchev–Trinajstić information content (AvgIpc) is 3.09. The van der Waals surface area contributed by atoms with Gasteiger partial charge >= 0.3 is 0 Å². The molecule has 122 valence electrons. The van der Waals surface area contributed by atoms with Gasteiger partial charge in [0.25, 0.3) is 5.56 Å². The fourth-order valence-electron chi connectivity index (χ4n) is 3.59. The Morgan fingerprint density at radius 2 is 2.22 bits per heavy atom. The minimum Gasteiger partial charge on any atom is -0.385 e. The van der Waals surface area contributed by atoms with Crippen LogP contribution in [0.25, 0.3) is 11.0 Å². The second kappa shape index (κ2) is 4.69. The van der Waals surface area contributed by atoms with Crippen LogP contribution in [-0.4, -0.2) is 32.5 Å². The smallest absolute Gasteiger partial charge is 0.277 e. The molecule has 0 bridgehead atoms. The number of hydrogen-bond donors (Lipinski definition) is 2. The molecule has 23 heavy (non-hydrogen) atoms. The highest BCUT2D eigenvalue weighted by atomic mass is 16.8. The molecule has 3 N–H and O–H groups in total. The summed E-state index contributed by atoms with van der Waals surface area (Å²) in [6.07, 6.45) is 4.54. The highest BCUT2D eigenvalue weighted by Crippen LogP contribution is 2.44. The Kier molecular flexibility index (Phi) is 2.95. The highest BCUT2D eigenvalue weighted by molar-refractivity contribution is 5.77. The quantitative estimate of drug-likeness (QED) is 0.823. The monoisotopic (exact) mass is 316 g/mol. The van der Waals surface area contributed by atoms with E-state index < -0.39 is 5.79 Å². The molecular weight excluding hydrogens is 296 g/mol. The Morgan fingerprint density at radius 1 is 1.43 bits per heavy atom. The molecule has 3 heterocycles. The van der Waals surface area contributed by atoms with E-state index in [0.717, 1.165) is 6.42 Å². The number of aromatic nitrogens is 3. The molecule has 0 amide bonds. The third kappa shape index (κ3) is 2.11. The molecular formula is C16H20N4O3. The molecule has 7 nitrogen and oxygen atoms in total. The zero-order chi connectivity index (χ0) is 16.4. The molecule has 0 aromatic carbocycles. The lowest BCUT2D eigenvalue weighted by molar-refractivity contribution is -0.147. The van der Waals surface area contributed by atoms with Crippen LogP contribution in [0.1, 0.15) is 33.2 Å². The minimum atomic E-state index is -0.616. The van der Waals surface area contributed by atoms with Gasteiger partial charge in [0.15, 0.2) is 11.3 Å². The highest BCUT2D eigenvalue weighted by Gasteiger charge is 2.50. The van der Waals surface area contributed by atoms with Crippen LogP contribution in [0.5, 0.6) is 0 Å². The standard InChI is InChI=1S/C16H20N4O3/c1-4-8-5-10(14-13(8)22-16(2,3)23-14)20-7-18-12-9(20)6-11(17)19-15(12)21/h5-7,10,13-14H,4H2,1-3H3,(H3,17,19,21)/t10-,13+,14?/m1/s1. The van der Waals surface area contributed by atoms with Crippen molar-refractivity contribution in [3.63, 3.8) is 0 Å². The summed E-state index contributed by atoms with van der Waals surface area (Å²) in [5, 5.41) is 0. The largest absolute Gasteiger partial charge is 0.385 e. The van der Waals surface area contributed by atoms with Crippen LogP contribution in [0.2, 0.25) is 0 Å². The third-order valence-corrected chi connectivity index (χ3v) is 4.54. The zero-order valence-electron chi connectivity index (χ0n) is 13.4. The molecule has 0 spiro atoms. The fraction of sp³-hybridized carbons (Fsp3) is 0.500. The summed E-state index contributed by atoms with van der Waals surface area (Å²) in [6, 6.07) is 1.67. The van der Waals surface area contributed by atoms with Gasteiger partial charge in [0.05, 0.1) is 17.9 Å². The summed E-state index contributed by atoms with van der Waals surface area (Å²) in [4.78, 5) is 18.8. The van der Waals surface area contributed by atoms with Gasteiger partial charge in [-0.25, -0.2) is 4.98 Å². The van der Waals surface area contributed by atoms with Crippen LogP contribution in [-0.2, 0) is 9.47 Å². The third-order valence-electron chi connectivity index (χ3n) is 4.54. The van der Waals surface area contributed by atoms with Crippen molar-refractivity contribution < 1.29 is 9.47 Å². The second-order valence-corrected chi connectivity index (χ2v) is 6.55. The molecule has 1 aliphatic carbocycles. The molecule has 4 rings (SSSR count). The van der Waals surface area contributed by atoms with E-state index in [9.17, 15) is 4.79 Å². The number of nitrogens with zero attached hydrogens (tertiary/aromatic N) is 2. The van der Waals surface area contributed by atoms with Gasteiger partial charge in [-0.15, -0.1) is 0 Å². The molecule has 1 saturated heterocycles. The Labute approximate surface area is 133 Å². The van der Waals surface area contributed by atoms with E-state index in [-0.39, 0.29) is 23.8 Å².